The van der Waals surface area contributed by atoms with Crippen molar-refractivity contribution >= 4 is 11.8 Å². The molecule has 0 bridgehead atoms. The van der Waals surface area contributed by atoms with Crippen molar-refractivity contribution in [2.75, 3.05) is 5.75 Å². The van der Waals surface area contributed by atoms with Crippen LogP contribution in [-0.2, 0) is 5.75 Å². The molecule has 0 aliphatic carbocycles. The first-order valence-corrected chi connectivity index (χ1v) is 7.14. The zero-order chi connectivity index (χ0) is 10.9. The quantitative estimate of drug-likeness (QED) is 0.642. The molecule has 1 aromatic rings. The Bertz CT molecular complexity index is 243. The van der Waals surface area contributed by atoms with E-state index in [0.717, 1.165) is 5.92 Å². The van der Waals surface area contributed by atoms with Gasteiger partial charge in [-0.15, -0.1) is 0 Å². The molecule has 0 saturated carbocycles. The van der Waals surface area contributed by atoms with Crippen LogP contribution in [0.25, 0.3) is 0 Å². The van der Waals surface area contributed by atoms with Gasteiger partial charge < -0.3 is 0 Å². The van der Waals surface area contributed by atoms with Crippen molar-refractivity contribution in [3.63, 3.8) is 0 Å². The first-order chi connectivity index (χ1) is 7.36. The van der Waals surface area contributed by atoms with E-state index in [1.807, 2.05) is 0 Å². The average molecular weight is 222 g/mol. The van der Waals surface area contributed by atoms with Crippen molar-refractivity contribution in [3.05, 3.63) is 35.9 Å². The molecule has 0 N–H and O–H groups in total. The third-order valence-corrected chi connectivity index (χ3v) is 3.98. The first-order valence-electron chi connectivity index (χ1n) is 5.98. The molecule has 84 valence electrons. The molecular weight excluding hydrogens is 200 g/mol. The number of hydrogen-bond donors (Lipinski definition) is 0. The lowest BCUT2D eigenvalue weighted by Crippen LogP contribution is -2.01. The van der Waals surface area contributed by atoms with Gasteiger partial charge in [0.25, 0.3) is 0 Å². The standard InChI is InChI=1S/C14H22S/c1-3-8-13(4-2)11-15-12-14-9-6-5-7-10-14/h5-7,9-10,13H,3-4,8,11-12H2,1-2H3. The van der Waals surface area contributed by atoms with E-state index in [9.17, 15) is 0 Å². The van der Waals surface area contributed by atoms with Crippen LogP contribution in [0.5, 0.6) is 0 Å². The summed E-state index contributed by atoms with van der Waals surface area (Å²) in [4.78, 5) is 0. The molecule has 0 nitrogen and oxygen atoms in total. The van der Waals surface area contributed by atoms with E-state index in [4.69, 9.17) is 0 Å². The maximum atomic E-state index is 2.31. The summed E-state index contributed by atoms with van der Waals surface area (Å²) in [5.41, 5.74) is 1.45. The van der Waals surface area contributed by atoms with E-state index in [-0.39, 0.29) is 0 Å². The van der Waals surface area contributed by atoms with Crippen molar-refractivity contribution in [3.8, 4) is 0 Å². The highest BCUT2D eigenvalue weighted by Crippen LogP contribution is 2.20. The molecule has 0 amide bonds. The minimum absolute atomic E-state index is 0.920. The lowest BCUT2D eigenvalue weighted by molar-refractivity contribution is 0.517. The summed E-state index contributed by atoms with van der Waals surface area (Å²) in [7, 11) is 0. The Morgan fingerprint density at radius 3 is 2.47 bits per heavy atom. The monoisotopic (exact) mass is 222 g/mol. The van der Waals surface area contributed by atoms with E-state index in [1.54, 1.807) is 0 Å². The fraction of sp³-hybridized carbons (Fsp3) is 0.571. The molecule has 0 aromatic heterocycles. The molecule has 0 aliphatic heterocycles. The van der Waals surface area contributed by atoms with Crippen LogP contribution < -0.4 is 0 Å². The van der Waals surface area contributed by atoms with Crippen LogP contribution in [0.2, 0.25) is 0 Å². The van der Waals surface area contributed by atoms with Crippen LogP contribution in [0, 0.1) is 5.92 Å². The molecule has 1 atom stereocenters. The predicted molar refractivity (Wildman–Crippen MR) is 71.3 cm³/mol. The summed E-state index contributed by atoms with van der Waals surface area (Å²) in [6.45, 7) is 4.59. The normalized spacial score (nSPS) is 12.7. The van der Waals surface area contributed by atoms with E-state index >= 15 is 0 Å². The molecule has 0 heterocycles. The van der Waals surface area contributed by atoms with Crippen molar-refractivity contribution in [2.24, 2.45) is 5.92 Å². The number of benzene rings is 1. The fourth-order valence-corrected chi connectivity index (χ4v) is 3.01. The average Bonchev–Trinajstić information content (AvgIpc) is 2.29. The Balaban J connectivity index is 2.20. The highest BCUT2D eigenvalue weighted by molar-refractivity contribution is 7.98. The van der Waals surface area contributed by atoms with Gasteiger partial charge in [-0.3, -0.25) is 0 Å². The molecule has 1 heteroatoms. The molecule has 0 aliphatic rings. The zero-order valence-electron chi connectivity index (χ0n) is 9.91. The Labute approximate surface area is 98.5 Å². The first kappa shape index (κ1) is 12.6. The van der Waals surface area contributed by atoms with Gasteiger partial charge in [0.15, 0.2) is 0 Å². The number of thioether (sulfide) groups is 1. The second kappa shape index (κ2) is 7.81. The van der Waals surface area contributed by atoms with Gasteiger partial charge in [-0.1, -0.05) is 57.0 Å². The molecule has 15 heavy (non-hydrogen) atoms. The van der Waals surface area contributed by atoms with Crippen molar-refractivity contribution in [2.45, 2.75) is 38.9 Å². The van der Waals surface area contributed by atoms with Gasteiger partial charge in [0.2, 0.25) is 0 Å². The van der Waals surface area contributed by atoms with Gasteiger partial charge in [-0.2, -0.15) is 11.8 Å². The molecule has 1 rings (SSSR count). The summed E-state index contributed by atoms with van der Waals surface area (Å²) in [5, 5.41) is 0. The Hall–Kier alpha value is -0.430. The Morgan fingerprint density at radius 1 is 1.13 bits per heavy atom. The molecule has 1 aromatic carbocycles. The highest BCUT2D eigenvalue weighted by Gasteiger charge is 2.04. The molecular formula is C14H22S. The lowest BCUT2D eigenvalue weighted by Gasteiger charge is -2.12. The Morgan fingerprint density at radius 2 is 1.87 bits per heavy atom. The molecule has 0 saturated heterocycles. The minimum Gasteiger partial charge on any atom is -0.157 e. The third kappa shape index (κ3) is 5.27. The molecule has 0 spiro atoms. The van der Waals surface area contributed by atoms with Gasteiger partial charge in [0.05, 0.1) is 0 Å². The van der Waals surface area contributed by atoms with Gasteiger partial charge in [-0.05, 0) is 23.7 Å². The molecule has 0 radical (unpaired) electrons. The highest BCUT2D eigenvalue weighted by atomic mass is 32.2. The SMILES string of the molecule is CCCC(CC)CSCc1ccccc1. The fourth-order valence-electron chi connectivity index (χ4n) is 1.73. The summed E-state index contributed by atoms with van der Waals surface area (Å²) in [5.74, 6) is 3.41. The third-order valence-electron chi connectivity index (χ3n) is 2.74. The second-order valence-electron chi connectivity index (χ2n) is 4.06. The van der Waals surface area contributed by atoms with E-state index in [2.05, 4.69) is 55.9 Å². The van der Waals surface area contributed by atoms with Gasteiger partial charge in [0.1, 0.15) is 0 Å². The van der Waals surface area contributed by atoms with Crippen LogP contribution in [-0.4, -0.2) is 5.75 Å². The lowest BCUT2D eigenvalue weighted by atomic mass is 10.0. The molecule has 0 fully saturated rings. The van der Waals surface area contributed by atoms with Crippen LogP contribution >= 0.6 is 11.8 Å². The topological polar surface area (TPSA) is 0 Å². The van der Waals surface area contributed by atoms with E-state index in [1.165, 1.54) is 36.3 Å². The maximum Gasteiger partial charge on any atom is 0.0184 e. The largest absolute Gasteiger partial charge is 0.157 e. The smallest absolute Gasteiger partial charge is 0.0184 e. The molecule has 1 unspecified atom stereocenters. The van der Waals surface area contributed by atoms with Crippen molar-refractivity contribution < 1.29 is 0 Å². The van der Waals surface area contributed by atoms with Crippen LogP contribution in [0.3, 0.4) is 0 Å². The summed E-state index contributed by atoms with van der Waals surface area (Å²) in [6, 6.07) is 10.8. The number of hydrogen-bond acceptors (Lipinski definition) is 1. The van der Waals surface area contributed by atoms with E-state index < -0.39 is 0 Å². The van der Waals surface area contributed by atoms with Crippen LogP contribution in [0.15, 0.2) is 30.3 Å². The van der Waals surface area contributed by atoms with Crippen LogP contribution in [0.4, 0.5) is 0 Å². The summed E-state index contributed by atoms with van der Waals surface area (Å²) in [6.07, 6.45) is 4.04. The van der Waals surface area contributed by atoms with Gasteiger partial charge in [-0.25, -0.2) is 0 Å². The summed E-state index contributed by atoms with van der Waals surface area (Å²) < 4.78 is 0. The van der Waals surface area contributed by atoms with E-state index in [0.29, 0.717) is 0 Å². The van der Waals surface area contributed by atoms with Gasteiger partial charge >= 0.3 is 0 Å². The minimum atomic E-state index is 0.920. The predicted octanol–water partition coefficient (Wildman–Crippen LogP) is 4.75. The van der Waals surface area contributed by atoms with Crippen LogP contribution in [0.1, 0.15) is 38.7 Å². The van der Waals surface area contributed by atoms with Gasteiger partial charge in [0, 0.05) is 5.75 Å². The zero-order valence-corrected chi connectivity index (χ0v) is 10.7. The maximum absolute atomic E-state index is 2.31. The summed E-state index contributed by atoms with van der Waals surface area (Å²) >= 11 is 2.08. The van der Waals surface area contributed by atoms with Crippen molar-refractivity contribution in [1.29, 1.82) is 0 Å². The Kier molecular flexibility index (Phi) is 6.58. The van der Waals surface area contributed by atoms with Crippen molar-refractivity contribution in [1.82, 2.24) is 0 Å². The second-order valence-corrected chi connectivity index (χ2v) is 5.09. The number of rotatable bonds is 7.